The number of nitrogens with one attached hydrogen (secondary N) is 2. The highest BCUT2D eigenvalue weighted by molar-refractivity contribution is 7.89. The second-order valence-electron chi connectivity index (χ2n) is 6.38. The second kappa shape index (κ2) is 9.48. The molecule has 27 heavy (non-hydrogen) atoms. The van der Waals surface area contributed by atoms with Crippen molar-refractivity contribution in [3.8, 4) is 0 Å². The van der Waals surface area contributed by atoms with Crippen LogP contribution in [-0.2, 0) is 19.6 Å². The Hall–Kier alpha value is -2.45. The third-order valence-electron chi connectivity index (χ3n) is 4.27. The molecule has 1 aromatic carbocycles. The summed E-state index contributed by atoms with van der Waals surface area (Å²) in [6.07, 6.45) is 7.45. The van der Waals surface area contributed by atoms with Crippen LogP contribution >= 0.6 is 0 Å². The first-order valence-electron chi connectivity index (χ1n) is 8.80. The number of aryl methyl sites for hydroxylation is 1. The van der Waals surface area contributed by atoms with Crippen LogP contribution in [0.1, 0.15) is 25.3 Å². The number of hydrogen-bond donors (Lipinski definition) is 2. The van der Waals surface area contributed by atoms with E-state index in [0.29, 0.717) is 19.4 Å². The number of sulfonamides is 1. The van der Waals surface area contributed by atoms with Gasteiger partial charge in [0.25, 0.3) is 5.91 Å². The van der Waals surface area contributed by atoms with E-state index in [1.165, 1.54) is 10.4 Å². The van der Waals surface area contributed by atoms with Gasteiger partial charge in [-0.05, 0) is 38.8 Å². The maximum Gasteiger partial charge on any atom is 0.262 e. The van der Waals surface area contributed by atoms with E-state index in [9.17, 15) is 18.0 Å². The summed E-state index contributed by atoms with van der Waals surface area (Å²) in [5.74, 6) is -1.37. The van der Waals surface area contributed by atoms with Crippen LogP contribution in [0.3, 0.4) is 0 Å². The Morgan fingerprint density at radius 2 is 1.85 bits per heavy atom. The second-order valence-corrected chi connectivity index (χ2v) is 8.32. The molecule has 1 saturated heterocycles. The van der Waals surface area contributed by atoms with E-state index in [-0.39, 0.29) is 11.4 Å². The van der Waals surface area contributed by atoms with Gasteiger partial charge in [-0.25, -0.2) is 8.42 Å². The van der Waals surface area contributed by atoms with Crippen LogP contribution in [0, 0.1) is 12.8 Å². The fraction of sp³-hybridized carbons (Fsp3) is 0.368. The molecule has 0 radical (unpaired) electrons. The zero-order valence-electron chi connectivity index (χ0n) is 15.5. The molecule has 0 saturated carbocycles. The van der Waals surface area contributed by atoms with Crippen molar-refractivity contribution in [2.24, 2.45) is 5.92 Å². The number of hydrogen-bond acceptors (Lipinski definition) is 4. The monoisotopic (exact) mass is 391 g/mol. The molecule has 2 N–H and O–H groups in total. The molecule has 1 fully saturated rings. The van der Waals surface area contributed by atoms with Crippen molar-refractivity contribution < 1.29 is 18.0 Å². The van der Waals surface area contributed by atoms with Gasteiger partial charge < -0.3 is 0 Å². The van der Waals surface area contributed by atoms with Crippen LogP contribution in [0.5, 0.6) is 0 Å². The molecule has 1 heterocycles. The lowest BCUT2D eigenvalue weighted by Gasteiger charge is -2.31. The van der Waals surface area contributed by atoms with E-state index in [2.05, 4.69) is 10.9 Å². The van der Waals surface area contributed by atoms with E-state index in [4.69, 9.17) is 0 Å². The average molecular weight is 391 g/mol. The Morgan fingerprint density at radius 3 is 2.52 bits per heavy atom. The molecule has 146 valence electrons. The standard InChI is InChI=1S/C19H25N3O4S/c1-3-4-5-8-18(23)20-21-19(24)16-7-6-13-22(14-16)27(25,26)17-11-9-15(2)10-12-17/h3-5,8-12,16H,6-7,13-14H2,1-2H3,(H,20,23)(H,21,24)/b4-3+,8-5+/t16-/m1/s1. The van der Waals surface area contributed by atoms with Gasteiger partial charge in [0.2, 0.25) is 15.9 Å². The molecule has 0 spiro atoms. The van der Waals surface area contributed by atoms with E-state index < -0.39 is 27.8 Å². The van der Waals surface area contributed by atoms with Gasteiger partial charge in [-0.3, -0.25) is 20.4 Å². The number of rotatable bonds is 5. The van der Waals surface area contributed by atoms with Crippen molar-refractivity contribution in [1.29, 1.82) is 0 Å². The third-order valence-corrected chi connectivity index (χ3v) is 6.15. The Morgan fingerprint density at radius 1 is 1.15 bits per heavy atom. The van der Waals surface area contributed by atoms with E-state index in [1.807, 2.05) is 13.8 Å². The number of allylic oxidation sites excluding steroid dienone is 3. The van der Waals surface area contributed by atoms with Crippen LogP contribution in [0.15, 0.2) is 53.5 Å². The molecular formula is C19H25N3O4S. The van der Waals surface area contributed by atoms with Crippen LogP contribution in [0.4, 0.5) is 0 Å². The maximum atomic E-state index is 12.8. The van der Waals surface area contributed by atoms with Gasteiger partial charge in [0, 0.05) is 19.2 Å². The molecular weight excluding hydrogens is 366 g/mol. The van der Waals surface area contributed by atoms with Crippen LogP contribution in [0.25, 0.3) is 0 Å². The molecule has 7 nitrogen and oxygen atoms in total. The molecule has 0 aromatic heterocycles. The van der Waals surface area contributed by atoms with Crippen LogP contribution < -0.4 is 10.9 Å². The van der Waals surface area contributed by atoms with Gasteiger partial charge in [0.05, 0.1) is 10.8 Å². The first kappa shape index (κ1) is 20.9. The van der Waals surface area contributed by atoms with Gasteiger partial charge in [0.15, 0.2) is 0 Å². The smallest absolute Gasteiger partial charge is 0.262 e. The minimum atomic E-state index is -3.64. The Labute approximate surface area is 160 Å². The van der Waals surface area contributed by atoms with Gasteiger partial charge in [0.1, 0.15) is 0 Å². The van der Waals surface area contributed by atoms with Crippen LogP contribution in [0.2, 0.25) is 0 Å². The molecule has 2 rings (SSSR count). The van der Waals surface area contributed by atoms with Crippen molar-refractivity contribution in [2.75, 3.05) is 13.1 Å². The topological polar surface area (TPSA) is 95.6 Å². The fourth-order valence-electron chi connectivity index (χ4n) is 2.76. The number of nitrogens with zero attached hydrogens (tertiary/aromatic N) is 1. The number of amides is 2. The first-order valence-corrected chi connectivity index (χ1v) is 10.2. The lowest BCUT2D eigenvalue weighted by atomic mass is 9.99. The average Bonchev–Trinajstić information content (AvgIpc) is 2.67. The Bertz CT molecular complexity index is 829. The third kappa shape index (κ3) is 5.77. The highest BCUT2D eigenvalue weighted by Gasteiger charge is 2.33. The molecule has 2 amide bonds. The zero-order valence-corrected chi connectivity index (χ0v) is 16.3. The molecule has 1 aliphatic rings. The lowest BCUT2D eigenvalue weighted by molar-refractivity contribution is -0.130. The number of benzene rings is 1. The summed E-state index contributed by atoms with van der Waals surface area (Å²) in [5, 5.41) is 0. The van der Waals surface area contributed by atoms with Gasteiger partial charge in [-0.15, -0.1) is 0 Å². The Kier molecular flexibility index (Phi) is 7.32. The summed E-state index contributed by atoms with van der Waals surface area (Å²) in [7, 11) is -3.64. The minimum Gasteiger partial charge on any atom is -0.273 e. The molecule has 0 unspecified atom stereocenters. The first-order chi connectivity index (χ1) is 12.8. The Balaban J connectivity index is 1.97. The molecule has 1 aliphatic heterocycles. The lowest BCUT2D eigenvalue weighted by Crippen LogP contribution is -2.49. The van der Waals surface area contributed by atoms with Crippen molar-refractivity contribution >= 4 is 21.8 Å². The number of hydrazine groups is 1. The maximum absolute atomic E-state index is 12.8. The zero-order chi connectivity index (χ0) is 19.9. The quantitative estimate of drug-likeness (QED) is 0.453. The normalized spacial score (nSPS) is 18.7. The van der Waals surface area contributed by atoms with E-state index in [1.54, 1.807) is 42.5 Å². The van der Waals surface area contributed by atoms with Crippen LogP contribution in [-0.4, -0.2) is 37.6 Å². The number of piperidine rings is 1. The number of carbonyl (C=O) groups is 2. The van der Waals surface area contributed by atoms with Crippen molar-refractivity contribution in [3.05, 3.63) is 54.1 Å². The largest absolute Gasteiger partial charge is 0.273 e. The minimum absolute atomic E-state index is 0.0896. The summed E-state index contributed by atoms with van der Waals surface area (Å²) < 4.78 is 26.9. The highest BCUT2D eigenvalue weighted by Crippen LogP contribution is 2.24. The summed E-state index contributed by atoms with van der Waals surface area (Å²) in [6.45, 7) is 4.17. The molecule has 0 bridgehead atoms. The molecule has 8 heteroatoms. The molecule has 1 atom stereocenters. The molecule has 0 aliphatic carbocycles. The fourth-order valence-corrected chi connectivity index (χ4v) is 4.28. The summed E-state index contributed by atoms with van der Waals surface area (Å²) in [5.41, 5.74) is 5.64. The van der Waals surface area contributed by atoms with Gasteiger partial charge in [-0.1, -0.05) is 35.9 Å². The number of carbonyl (C=O) groups excluding carboxylic acids is 2. The summed E-state index contributed by atoms with van der Waals surface area (Å²) in [4.78, 5) is 24.1. The predicted molar refractivity (Wildman–Crippen MR) is 103 cm³/mol. The van der Waals surface area contributed by atoms with Crippen molar-refractivity contribution in [2.45, 2.75) is 31.6 Å². The van der Waals surface area contributed by atoms with E-state index in [0.717, 1.165) is 5.56 Å². The molecule has 1 aromatic rings. The van der Waals surface area contributed by atoms with E-state index >= 15 is 0 Å². The summed E-state index contributed by atoms with van der Waals surface area (Å²) in [6, 6.07) is 6.65. The SMILES string of the molecule is C/C=C/C=C/C(=O)NNC(=O)[C@@H]1CCCN(S(=O)(=O)c2ccc(C)cc2)C1. The van der Waals surface area contributed by atoms with Crippen molar-refractivity contribution in [1.82, 2.24) is 15.2 Å². The van der Waals surface area contributed by atoms with Crippen molar-refractivity contribution in [3.63, 3.8) is 0 Å². The highest BCUT2D eigenvalue weighted by atomic mass is 32.2. The predicted octanol–water partition coefficient (Wildman–Crippen LogP) is 1.68. The van der Waals surface area contributed by atoms with Gasteiger partial charge in [-0.2, -0.15) is 4.31 Å². The van der Waals surface area contributed by atoms with Gasteiger partial charge >= 0.3 is 0 Å². The summed E-state index contributed by atoms with van der Waals surface area (Å²) >= 11 is 0.